The highest BCUT2D eigenvalue weighted by Gasteiger charge is 2.50. The Morgan fingerprint density at radius 2 is 0.794 bits per heavy atom. The van der Waals surface area contributed by atoms with Crippen LogP contribution in [0.3, 0.4) is 0 Å². The number of thiazole rings is 3. The summed E-state index contributed by atoms with van der Waals surface area (Å²) in [6.45, 7) is 4.24. The molecule has 3 saturated heterocycles. The molecule has 12 aliphatic rings. The minimum Gasteiger partial charge on any atom is -0.478 e. The van der Waals surface area contributed by atoms with Crippen LogP contribution in [0.5, 0.6) is 0 Å². The molecule has 24 rings (SSSR count). The molecule has 9 atom stereocenters. The van der Waals surface area contributed by atoms with Crippen LogP contribution in [0.25, 0.3) is 64.4 Å². The van der Waals surface area contributed by atoms with Crippen LogP contribution < -0.4 is 15.1 Å². The number of aromatic carboxylic acids is 1. The van der Waals surface area contributed by atoms with E-state index in [1.165, 1.54) is 83.1 Å². The zero-order valence-corrected chi connectivity index (χ0v) is 81.2. The molecule has 690 valence electrons. The van der Waals surface area contributed by atoms with E-state index in [-0.39, 0.29) is 44.0 Å². The first kappa shape index (κ1) is 93.0. The molecule has 12 fully saturated rings. The minimum atomic E-state index is -0.871. The first-order valence-corrected chi connectivity index (χ1v) is 51.1. The van der Waals surface area contributed by atoms with Crippen LogP contribution in [-0.2, 0) is 43.5 Å². The van der Waals surface area contributed by atoms with E-state index < -0.39 is 5.97 Å². The number of piperidine rings is 3. The largest absolute Gasteiger partial charge is 0.478 e. The molecular weight excluding hydrogens is 1930 g/mol. The topological polar surface area (TPSA) is 253 Å². The number of esters is 2. The smallest absolute Gasteiger partial charge is 0.337 e. The lowest BCUT2D eigenvalue weighted by Crippen LogP contribution is -2.38. The summed E-state index contributed by atoms with van der Waals surface area (Å²) >= 11 is 47.4. The average Bonchev–Trinajstić information content (AvgIpc) is 1.61. The fourth-order valence-corrected chi connectivity index (χ4v) is 27.4. The van der Waals surface area contributed by atoms with E-state index >= 15 is 0 Å². The summed E-state index contributed by atoms with van der Waals surface area (Å²) in [5, 5.41) is 31.9. The molecule has 3 aliphatic heterocycles. The predicted molar refractivity (Wildman–Crippen MR) is 524 cm³/mol. The number of ether oxygens (including phenoxy) is 5. The average molecular weight is 2040 g/mol. The summed E-state index contributed by atoms with van der Waals surface area (Å²) in [4.78, 5) is 56.0. The molecule has 6 bridgehead atoms. The van der Waals surface area contributed by atoms with E-state index in [1.807, 2.05) is 84.9 Å². The molecule has 2 N–H and O–H groups in total. The van der Waals surface area contributed by atoms with Crippen LogP contribution >= 0.6 is 132 Å². The maximum Gasteiger partial charge on any atom is 0.337 e. The normalized spacial score (nSPS) is 23.1. The number of nitrogens with one attached hydrogen (secondary N) is 1. The second kappa shape index (κ2) is 39.6. The Kier molecular flexibility index (Phi) is 28.1. The van der Waals surface area contributed by atoms with Gasteiger partial charge >= 0.3 is 17.9 Å². The predicted octanol–water partition coefficient (Wildman–Crippen LogP) is 27.8. The van der Waals surface area contributed by atoms with Crippen molar-refractivity contribution in [1.82, 2.24) is 35.7 Å². The van der Waals surface area contributed by atoms with Crippen molar-refractivity contribution in [2.24, 2.45) is 17.8 Å². The van der Waals surface area contributed by atoms with Gasteiger partial charge in [0.25, 0.3) is 0 Å². The number of nitrogens with zero attached hydrogens (tertiary/aromatic N) is 8. The number of fused-ring (bicyclic) bond motifs is 9. The Morgan fingerprint density at radius 3 is 1.11 bits per heavy atom. The highest BCUT2D eigenvalue weighted by Crippen LogP contribution is 2.55. The molecular formula is C99H103BrCl7N9O12S3. The molecule has 9 aliphatic carbocycles. The zero-order valence-electron chi connectivity index (χ0n) is 71.8. The molecule has 0 unspecified atom stereocenters. The number of benzene rings is 6. The Labute approximate surface area is 817 Å². The Bertz CT molecular complexity index is 6210. The highest BCUT2D eigenvalue weighted by molar-refractivity contribution is 9.11. The van der Waals surface area contributed by atoms with Crippen molar-refractivity contribution < 1.29 is 56.7 Å². The molecule has 0 radical (unpaired) electrons. The first-order valence-electron chi connectivity index (χ1n) is 45.6. The molecule has 32 heteroatoms. The van der Waals surface area contributed by atoms with Crippen LogP contribution in [0.2, 0.25) is 30.1 Å². The van der Waals surface area contributed by atoms with Gasteiger partial charge in [0, 0.05) is 101 Å². The third kappa shape index (κ3) is 19.0. The quantitative estimate of drug-likeness (QED) is 0.0564. The van der Waals surface area contributed by atoms with Crippen LogP contribution in [0.1, 0.15) is 279 Å². The maximum absolute atomic E-state index is 12.5. The number of carbonyl (C=O) groups excluding carboxylic acids is 2. The van der Waals surface area contributed by atoms with Crippen molar-refractivity contribution in [2.45, 2.75) is 253 Å². The summed E-state index contributed by atoms with van der Waals surface area (Å²) in [5.41, 5.74) is 15.5. The van der Waals surface area contributed by atoms with Crippen molar-refractivity contribution in [3.8, 4) is 33.8 Å². The molecule has 6 aromatic carbocycles. The number of carbonyl (C=O) groups is 3. The number of methoxy groups -OCH3 is 2. The van der Waals surface area contributed by atoms with E-state index in [1.54, 1.807) is 40.1 Å². The van der Waals surface area contributed by atoms with Gasteiger partial charge in [0.05, 0.1) is 130 Å². The second-order valence-electron chi connectivity index (χ2n) is 37.1. The van der Waals surface area contributed by atoms with Crippen molar-refractivity contribution >= 4 is 191 Å². The van der Waals surface area contributed by atoms with E-state index in [4.69, 9.17) is 117 Å². The Balaban J connectivity index is 0.000000118. The van der Waals surface area contributed by atoms with E-state index in [0.717, 1.165) is 212 Å². The van der Waals surface area contributed by atoms with Gasteiger partial charge in [0.15, 0.2) is 14.2 Å². The van der Waals surface area contributed by atoms with Crippen molar-refractivity contribution in [3.05, 3.63) is 192 Å². The van der Waals surface area contributed by atoms with Gasteiger partial charge in [-0.1, -0.05) is 172 Å². The van der Waals surface area contributed by atoms with Gasteiger partial charge in [-0.05, 0) is 245 Å². The van der Waals surface area contributed by atoms with E-state index in [2.05, 4.69) is 51.5 Å². The van der Waals surface area contributed by atoms with E-state index in [9.17, 15) is 19.5 Å². The summed E-state index contributed by atoms with van der Waals surface area (Å²) in [6.07, 6.45) is 28.0. The molecule has 131 heavy (non-hydrogen) atoms. The van der Waals surface area contributed by atoms with Gasteiger partial charge in [-0.15, -0.1) is 23.7 Å². The number of aromatic nitrogens is 6. The molecule has 9 heterocycles. The number of rotatable bonds is 23. The number of anilines is 2. The standard InChI is InChI=1S/C33H33Cl2N3O4S.C32H31Cl2N3O4S.C19H20Cl2N2O2.C14H14BrNO2S.CH4.ClH/c1-40-32(39)19-12-22(17-5-2-3-6-17)29-27(13-19)43-33(36-29)38-15-20-11-21(38)14-26(20)41-16-23-30(37-42-31(23)18-9-10-18)28-24(34)7-4-8-25(28)35;33-23-6-3-7-24(34)27(23)29-22(30(41-36-29)17-8-9-17)15-40-25-13-20-10-19(25)14-37(20)32-35-28-21(16-4-1-2-5-16)11-18(31(38)39)12-26(28)42-32;20-14-2-1-3-15(21)17(14)18-13(19(25-23-18)10-4-5-10)9-24-16-7-12-6-11(16)8-22-12;1-18-13(17)9-6-10(8-4-2-3-5-8)12-11(7-9)19-14(15)16-12;;/h4,7-8,12-13,17-18,20-21,26H,2-3,5-6,9-11,14-16H2,1H3;3,6-7,11-12,16-17,19-20,25H,1-2,4-5,8-10,13-15H2,(H,38,39);1-3,10-12,16,22H,4-9H2;6-8H,2-5H2,1H3;1H4;1H/t20-,21-,26+;19-,20-,25+;11-,12-,16+;;;/m111.../s1. The van der Waals surface area contributed by atoms with Crippen molar-refractivity contribution in [2.75, 3.05) is 43.7 Å². The summed E-state index contributed by atoms with van der Waals surface area (Å²) in [5.74, 6) is 5.42. The van der Waals surface area contributed by atoms with Gasteiger partial charge in [0.1, 0.15) is 34.4 Å². The van der Waals surface area contributed by atoms with Crippen LogP contribution in [0, 0.1) is 17.8 Å². The lowest BCUT2D eigenvalue weighted by atomic mass is 9.95. The lowest BCUT2D eigenvalue weighted by molar-refractivity contribution is 0.00912. The number of hydrogen-bond acceptors (Lipinski definition) is 23. The van der Waals surface area contributed by atoms with Crippen LogP contribution in [0.15, 0.2) is 108 Å². The Morgan fingerprint density at radius 1 is 0.450 bits per heavy atom. The van der Waals surface area contributed by atoms with Gasteiger partial charge in [-0.2, -0.15) is 0 Å². The van der Waals surface area contributed by atoms with Crippen LogP contribution in [0.4, 0.5) is 10.3 Å². The van der Waals surface area contributed by atoms with Gasteiger partial charge < -0.3 is 57.5 Å². The highest BCUT2D eigenvalue weighted by atomic mass is 79.9. The van der Waals surface area contributed by atoms with Gasteiger partial charge in [0.2, 0.25) is 0 Å². The maximum atomic E-state index is 12.5. The molecule has 0 amide bonds. The van der Waals surface area contributed by atoms with E-state index in [0.29, 0.717) is 167 Å². The number of hydrogen-bond donors (Lipinski definition) is 2. The number of carboxylic acids is 1. The SMILES string of the molecule is C.COC(=O)c1cc(C2CCCC2)c2nc(Br)sc2c1.COC(=O)c1cc(C2CCCC2)c2nc(N3C[C@H]4C[C@@H]3C[C@@H]4OCc3c(-c4c(Cl)cccc4Cl)noc3C3CC3)sc2c1.Cl.Clc1cccc(Cl)c1-c1noc(C2CC2)c1CO[C@H]1C[C@H]2C[C@@H]1CN2.O=C(O)c1cc(C2CCCC2)c2nc(N3C[C@H]4C[C@@H]3C[C@@H]4OCc3c(-c4c(Cl)cccc4Cl)noc3C3CC3)sc2c1. The van der Waals surface area contributed by atoms with Gasteiger partial charge in [-0.3, -0.25) is 0 Å². The summed E-state index contributed by atoms with van der Waals surface area (Å²) < 4.78 is 50.9. The molecule has 6 aromatic heterocycles. The third-order valence-electron chi connectivity index (χ3n) is 29.0. The first-order chi connectivity index (χ1) is 62.8. The van der Waals surface area contributed by atoms with Gasteiger partial charge in [-0.25, -0.2) is 29.3 Å². The second-order valence-corrected chi connectivity index (χ2v) is 43.9. The minimum absolute atomic E-state index is 0. The molecule has 12 aromatic rings. The molecule has 21 nitrogen and oxygen atoms in total. The fraction of sp³-hybridized carbons (Fsp3) is 0.485. The van der Waals surface area contributed by atoms with Crippen molar-refractivity contribution in [1.29, 1.82) is 0 Å². The summed E-state index contributed by atoms with van der Waals surface area (Å²) in [7, 11) is 2.87. The number of halogens is 8. The molecule has 9 saturated carbocycles. The fourth-order valence-electron chi connectivity index (χ4n) is 22.0. The van der Waals surface area contributed by atoms with Crippen molar-refractivity contribution in [3.63, 3.8) is 0 Å². The summed E-state index contributed by atoms with van der Waals surface area (Å²) in [6, 6.07) is 29.4. The molecule has 0 spiro atoms. The lowest BCUT2D eigenvalue weighted by Gasteiger charge is -2.31. The number of carboxylic acid groups (broad SMARTS) is 1. The monoisotopic (exact) mass is 2030 g/mol. The third-order valence-corrected chi connectivity index (χ3v) is 34.4. The zero-order chi connectivity index (χ0) is 88.1. The van der Waals surface area contributed by atoms with Crippen LogP contribution in [-0.4, -0.2) is 124 Å². The Hall–Kier alpha value is -7.02.